The molecule has 1 aliphatic heterocycles. The molecule has 0 saturated heterocycles. The Hall–Kier alpha value is -3.01. The molecular weight excluding hydrogens is 346 g/mol. The molecule has 0 radical (unpaired) electrons. The predicted octanol–water partition coefficient (Wildman–Crippen LogP) is 1.88. The lowest BCUT2D eigenvalue weighted by Gasteiger charge is -2.24. The molecule has 0 spiro atoms. The molecule has 128 valence electrons. The molecule has 3 aromatic heterocycles. The molecule has 0 atom stereocenters. The Kier molecular flexibility index (Phi) is 3.80. The Morgan fingerprint density at radius 1 is 1.36 bits per heavy atom. The van der Waals surface area contributed by atoms with E-state index in [4.69, 9.17) is 9.05 Å². The molecule has 1 aliphatic rings. The van der Waals surface area contributed by atoms with Crippen LogP contribution in [0.5, 0.6) is 0 Å². The first kappa shape index (κ1) is 15.5. The molecule has 0 unspecified atom stereocenters. The van der Waals surface area contributed by atoms with E-state index in [0.29, 0.717) is 30.4 Å². The van der Waals surface area contributed by atoms with Gasteiger partial charge in [-0.1, -0.05) is 21.7 Å². The van der Waals surface area contributed by atoms with Crippen molar-refractivity contribution in [3.05, 3.63) is 46.1 Å². The zero-order valence-electron chi connectivity index (χ0n) is 13.2. The second-order valence-electron chi connectivity index (χ2n) is 5.52. The number of anilines is 1. The van der Waals surface area contributed by atoms with E-state index in [0.717, 1.165) is 10.6 Å². The van der Waals surface area contributed by atoms with E-state index in [-0.39, 0.29) is 23.3 Å². The van der Waals surface area contributed by atoms with E-state index >= 15 is 0 Å². The molecule has 2 amide bonds. The Morgan fingerprint density at radius 3 is 2.96 bits per heavy atom. The van der Waals surface area contributed by atoms with Crippen molar-refractivity contribution in [1.82, 2.24) is 20.2 Å². The van der Waals surface area contributed by atoms with Gasteiger partial charge in [0.15, 0.2) is 10.8 Å². The number of aryl methyl sites for hydroxylation is 1. The van der Waals surface area contributed by atoms with E-state index in [2.05, 4.69) is 20.6 Å². The highest BCUT2D eigenvalue weighted by Crippen LogP contribution is 2.29. The van der Waals surface area contributed by atoms with Gasteiger partial charge in [0, 0.05) is 30.0 Å². The molecule has 0 fully saturated rings. The third-order valence-electron chi connectivity index (χ3n) is 3.75. The summed E-state index contributed by atoms with van der Waals surface area (Å²) in [6.45, 7) is 2.67. The molecule has 0 saturated carbocycles. The minimum atomic E-state index is -0.377. The number of thiazole rings is 1. The third-order valence-corrected chi connectivity index (χ3v) is 4.75. The molecular formula is C15H13N5O4S. The summed E-state index contributed by atoms with van der Waals surface area (Å²) in [5.41, 5.74) is 1.09. The van der Waals surface area contributed by atoms with Gasteiger partial charge in [-0.25, -0.2) is 4.98 Å². The standard InChI is InChI=1S/C15H13N5O4S/c1-8-6-10(19-23-8)13(21)18-15-17-9-3-5-20(7-12(9)25-15)14(22)11-2-4-16-24-11/h2,4,6H,3,5,7H2,1H3,(H,17,18,21). The fourth-order valence-corrected chi connectivity index (χ4v) is 3.56. The largest absolute Gasteiger partial charge is 0.361 e. The van der Waals surface area contributed by atoms with Crippen molar-refractivity contribution in [2.24, 2.45) is 0 Å². The first-order valence-electron chi connectivity index (χ1n) is 7.53. The first-order valence-corrected chi connectivity index (χ1v) is 8.35. The topological polar surface area (TPSA) is 114 Å². The van der Waals surface area contributed by atoms with Crippen LogP contribution in [-0.2, 0) is 13.0 Å². The van der Waals surface area contributed by atoms with Crippen LogP contribution in [0.4, 0.5) is 5.13 Å². The van der Waals surface area contributed by atoms with Gasteiger partial charge in [0.05, 0.1) is 18.4 Å². The molecule has 0 aliphatic carbocycles. The number of nitrogens with one attached hydrogen (secondary N) is 1. The van der Waals surface area contributed by atoms with Gasteiger partial charge in [0.2, 0.25) is 5.76 Å². The molecule has 0 bridgehead atoms. The number of amides is 2. The summed E-state index contributed by atoms with van der Waals surface area (Å²) in [6, 6.07) is 3.09. The van der Waals surface area contributed by atoms with Crippen molar-refractivity contribution in [3.63, 3.8) is 0 Å². The van der Waals surface area contributed by atoms with Crippen LogP contribution in [0.2, 0.25) is 0 Å². The maximum absolute atomic E-state index is 12.3. The molecule has 25 heavy (non-hydrogen) atoms. The maximum atomic E-state index is 12.3. The highest BCUT2D eigenvalue weighted by atomic mass is 32.1. The Bertz CT molecular complexity index is 930. The number of hydrogen-bond donors (Lipinski definition) is 1. The van der Waals surface area contributed by atoms with Crippen molar-refractivity contribution in [1.29, 1.82) is 0 Å². The van der Waals surface area contributed by atoms with Crippen LogP contribution in [0.15, 0.2) is 27.4 Å². The van der Waals surface area contributed by atoms with Crippen molar-refractivity contribution in [2.45, 2.75) is 19.9 Å². The molecule has 10 heteroatoms. The quantitative estimate of drug-likeness (QED) is 0.759. The molecule has 9 nitrogen and oxygen atoms in total. The number of carbonyl (C=O) groups excluding carboxylic acids is 2. The number of nitrogens with zero attached hydrogens (tertiary/aromatic N) is 4. The lowest BCUT2D eigenvalue weighted by atomic mass is 10.1. The molecule has 4 rings (SSSR count). The lowest BCUT2D eigenvalue weighted by Crippen LogP contribution is -2.35. The zero-order chi connectivity index (χ0) is 17.4. The molecule has 1 N–H and O–H groups in total. The summed E-state index contributed by atoms with van der Waals surface area (Å²) in [5, 5.41) is 10.4. The van der Waals surface area contributed by atoms with E-state index in [1.54, 1.807) is 17.9 Å². The van der Waals surface area contributed by atoms with Crippen LogP contribution in [0.25, 0.3) is 0 Å². The monoisotopic (exact) mass is 359 g/mol. The predicted molar refractivity (Wildman–Crippen MR) is 86.3 cm³/mol. The van der Waals surface area contributed by atoms with Gasteiger partial charge in [0.25, 0.3) is 11.8 Å². The lowest BCUT2D eigenvalue weighted by molar-refractivity contribution is 0.0694. The Labute approximate surface area is 145 Å². The van der Waals surface area contributed by atoms with Crippen LogP contribution in [0, 0.1) is 6.92 Å². The van der Waals surface area contributed by atoms with Crippen LogP contribution in [0.3, 0.4) is 0 Å². The van der Waals surface area contributed by atoms with Gasteiger partial charge in [-0.2, -0.15) is 0 Å². The van der Waals surface area contributed by atoms with Gasteiger partial charge in [-0.3, -0.25) is 14.9 Å². The number of hydrogen-bond acceptors (Lipinski definition) is 8. The summed E-state index contributed by atoms with van der Waals surface area (Å²) in [4.78, 5) is 31.5. The van der Waals surface area contributed by atoms with Crippen molar-refractivity contribution in [2.75, 3.05) is 11.9 Å². The van der Waals surface area contributed by atoms with Crippen molar-refractivity contribution in [3.8, 4) is 0 Å². The average molecular weight is 359 g/mol. The van der Waals surface area contributed by atoms with Gasteiger partial charge < -0.3 is 13.9 Å². The maximum Gasteiger partial charge on any atom is 0.292 e. The SMILES string of the molecule is Cc1cc(C(=O)Nc2nc3c(s2)CN(C(=O)c2ccno2)CC3)no1. The number of carbonyl (C=O) groups is 2. The summed E-state index contributed by atoms with van der Waals surface area (Å²) < 4.78 is 9.81. The van der Waals surface area contributed by atoms with E-state index in [9.17, 15) is 9.59 Å². The summed E-state index contributed by atoms with van der Waals surface area (Å²) in [7, 11) is 0. The Morgan fingerprint density at radius 2 is 2.24 bits per heavy atom. The van der Waals surface area contributed by atoms with E-state index in [1.807, 2.05) is 0 Å². The average Bonchev–Trinajstić information content (AvgIpc) is 3.33. The second kappa shape index (κ2) is 6.13. The minimum Gasteiger partial charge on any atom is -0.361 e. The van der Waals surface area contributed by atoms with Crippen LogP contribution in [-0.4, -0.2) is 38.6 Å². The molecule has 3 aromatic rings. The highest BCUT2D eigenvalue weighted by molar-refractivity contribution is 7.15. The molecule has 0 aromatic carbocycles. The van der Waals surface area contributed by atoms with Crippen molar-refractivity contribution >= 4 is 28.3 Å². The number of aromatic nitrogens is 3. The van der Waals surface area contributed by atoms with Gasteiger partial charge >= 0.3 is 0 Å². The first-order chi connectivity index (χ1) is 12.1. The number of rotatable bonds is 3. The Balaban J connectivity index is 1.47. The smallest absolute Gasteiger partial charge is 0.292 e. The van der Waals surface area contributed by atoms with Crippen LogP contribution in [0.1, 0.15) is 37.4 Å². The summed E-state index contributed by atoms with van der Waals surface area (Å²) >= 11 is 1.34. The second-order valence-corrected chi connectivity index (χ2v) is 6.60. The zero-order valence-corrected chi connectivity index (χ0v) is 14.0. The van der Waals surface area contributed by atoms with Gasteiger partial charge in [0.1, 0.15) is 5.76 Å². The van der Waals surface area contributed by atoms with Gasteiger partial charge in [-0.05, 0) is 6.92 Å². The highest BCUT2D eigenvalue weighted by Gasteiger charge is 2.27. The third kappa shape index (κ3) is 3.03. The van der Waals surface area contributed by atoms with Gasteiger partial charge in [-0.15, -0.1) is 0 Å². The minimum absolute atomic E-state index is 0.202. The number of fused-ring (bicyclic) bond motifs is 1. The molecule has 4 heterocycles. The fourth-order valence-electron chi connectivity index (χ4n) is 2.54. The fraction of sp³-hybridized carbons (Fsp3) is 0.267. The van der Waals surface area contributed by atoms with Crippen LogP contribution >= 0.6 is 11.3 Å². The normalized spacial score (nSPS) is 13.6. The van der Waals surface area contributed by atoms with E-state index < -0.39 is 0 Å². The summed E-state index contributed by atoms with van der Waals surface area (Å²) in [6.07, 6.45) is 2.05. The van der Waals surface area contributed by atoms with Crippen molar-refractivity contribution < 1.29 is 18.6 Å². The summed E-state index contributed by atoms with van der Waals surface area (Å²) in [5.74, 6) is 0.186. The van der Waals surface area contributed by atoms with Crippen LogP contribution < -0.4 is 5.32 Å². The van der Waals surface area contributed by atoms with E-state index in [1.165, 1.54) is 23.6 Å².